The van der Waals surface area contributed by atoms with Crippen LogP contribution in [0.1, 0.15) is 322 Å². The first-order valence-electron chi connectivity index (χ1n) is 30.3. The molecule has 2 unspecified atom stereocenters. The number of aliphatic hydroxyl groups is 2. The summed E-state index contributed by atoms with van der Waals surface area (Å²) in [5.41, 5.74) is 0. The van der Waals surface area contributed by atoms with Crippen molar-refractivity contribution in [2.24, 2.45) is 0 Å². The molecule has 0 fully saturated rings. The van der Waals surface area contributed by atoms with Gasteiger partial charge in [-0.25, -0.2) is 0 Å². The van der Waals surface area contributed by atoms with Crippen molar-refractivity contribution >= 4 is 11.9 Å². The van der Waals surface area contributed by atoms with E-state index in [4.69, 9.17) is 4.74 Å². The van der Waals surface area contributed by atoms with Crippen LogP contribution in [0.5, 0.6) is 0 Å². The van der Waals surface area contributed by atoms with Gasteiger partial charge in [0.25, 0.3) is 0 Å². The maximum Gasteiger partial charge on any atom is 0.305 e. The van der Waals surface area contributed by atoms with Gasteiger partial charge in [-0.15, -0.1) is 0 Å². The minimum absolute atomic E-state index is 0.0170. The fourth-order valence-electron chi connectivity index (χ4n) is 9.21. The summed E-state index contributed by atoms with van der Waals surface area (Å²) in [6.07, 6.45) is 71.7. The van der Waals surface area contributed by atoms with Crippen LogP contribution in [0, 0.1) is 0 Å². The van der Waals surface area contributed by atoms with Crippen LogP contribution in [0.2, 0.25) is 0 Å². The number of amides is 1. The molecular formula is C62H117NO5. The molecule has 6 nitrogen and oxygen atoms in total. The minimum Gasteiger partial charge on any atom is -0.466 e. The topological polar surface area (TPSA) is 95.9 Å². The highest BCUT2D eigenvalue weighted by atomic mass is 16.5. The lowest BCUT2D eigenvalue weighted by atomic mass is 10.0. The first kappa shape index (κ1) is 66.1. The quantitative estimate of drug-likeness (QED) is 0.0321. The summed E-state index contributed by atoms with van der Waals surface area (Å²) in [5.74, 6) is -0.113. The van der Waals surface area contributed by atoms with Crippen molar-refractivity contribution in [2.75, 3.05) is 13.2 Å². The summed E-state index contributed by atoms with van der Waals surface area (Å²) in [6.45, 7) is 4.87. The van der Waals surface area contributed by atoms with E-state index in [9.17, 15) is 19.8 Å². The Kier molecular flexibility index (Phi) is 56.0. The van der Waals surface area contributed by atoms with E-state index in [1.54, 1.807) is 6.08 Å². The monoisotopic (exact) mass is 956 g/mol. The van der Waals surface area contributed by atoms with Crippen LogP contribution in [0.4, 0.5) is 0 Å². The number of rotatable bonds is 56. The molecule has 6 heteroatoms. The van der Waals surface area contributed by atoms with Crippen molar-refractivity contribution in [2.45, 2.75) is 334 Å². The molecule has 0 saturated carbocycles. The van der Waals surface area contributed by atoms with Gasteiger partial charge >= 0.3 is 5.97 Å². The average molecular weight is 957 g/mol. The highest BCUT2D eigenvalue weighted by Gasteiger charge is 2.18. The van der Waals surface area contributed by atoms with Gasteiger partial charge in [0, 0.05) is 12.8 Å². The Hall–Kier alpha value is -1.92. The van der Waals surface area contributed by atoms with Crippen molar-refractivity contribution in [1.82, 2.24) is 5.32 Å². The van der Waals surface area contributed by atoms with Crippen LogP contribution in [0.3, 0.4) is 0 Å². The van der Waals surface area contributed by atoms with E-state index in [1.807, 2.05) is 6.08 Å². The first-order valence-corrected chi connectivity index (χ1v) is 30.3. The molecule has 0 spiro atoms. The predicted octanol–water partition coefficient (Wildman–Crippen LogP) is 18.8. The summed E-state index contributed by atoms with van der Waals surface area (Å²) in [6, 6.07) is -0.650. The van der Waals surface area contributed by atoms with E-state index in [1.165, 1.54) is 225 Å². The Morgan fingerprint density at radius 2 is 0.691 bits per heavy atom. The summed E-state index contributed by atoms with van der Waals surface area (Å²) in [7, 11) is 0. The molecule has 0 aromatic carbocycles. The Morgan fingerprint density at radius 1 is 0.397 bits per heavy atom. The lowest BCUT2D eigenvalue weighted by Gasteiger charge is -2.19. The lowest BCUT2D eigenvalue weighted by Crippen LogP contribution is -2.45. The van der Waals surface area contributed by atoms with Crippen molar-refractivity contribution in [1.29, 1.82) is 0 Å². The van der Waals surface area contributed by atoms with Gasteiger partial charge in [0.1, 0.15) is 0 Å². The smallest absolute Gasteiger partial charge is 0.305 e. The number of ether oxygens (including phenoxy) is 1. The van der Waals surface area contributed by atoms with Gasteiger partial charge in [-0.3, -0.25) is 9.59 Å². The van der Waals surface area contributed by atoms with Crippen LogP contribution in [0.15, 0.2) is 36.5 Å². The SMILES string of the molecule is CCCCCCCC/C=C\CCCCCCCCCC(=O)OCCCCCCCC/C=C\CCCCCC(=O)NC(CO)C(O)/C=C/CCCCCCCCCCCCCCCCCCCCC. The van der Waals surface area contributed by atoms with Gasteiger partial charge in [-0.05, 0) is 83.5 Å². The molecule has 3 N–H and O–H groups in total. The molecule has 0 aromatic heterocycles. The summed E-state index contributed by atoms with van der Waals surface area (Å²) >= 11 is 0. The molecule has 2 atom stereocenters. The van der Waals surface area contributed by atoms with Crippen molar-refractivity contribution in [3.8, 4) is 0 Å². The molecule has 0 radical (unpaired) electrons. The third kappa shape index (κ3) is 53.4. The van der Waals surface area contributed by atoms with Crippen molar-refractivity contribution < 1.29 is 24.5 Å². The maximum absolute atomic E-state index is 12.5. The standard InChI is InChI=1S/C62H117NO5/c1-3-5-7-9-11-13-15-17-19-21-22-23-24-26-27-30-34-38-42-46-50-54-60(65)59(58-64)63-61(66)55-51-47-43-39-35-31-29-33-37-41-45-49-53-57-68-62(67)56-52-48-44-40-36-32-28-25-20-18-16-14-12-10-8-6-4-2/h18,20,31,35,50,54,59-60,64-65H,3-17,19,21-30,32-34,36-49,51-53,55-58H2,1-2H3,(H,63,66)/b20-18-,35-31-,54-50+. The summed E-state index contributed by atoms with van der Waals surface area (Å²) in [4.78, 5) is 24.6. The molecule has 1 amide bonds. The van der Waals surface area contributed by atoms with Gasteiger partial charge in [-0.1, -0.05) is 262 Å². The minimum atomic E-state index is -0.863. The molecule has 400 valence electrons. The Bertz CT molecular complexity index is 1100. The molecule has 0 aliphatic carbocycles. The summed E-state index contributed by atoms with van der Waals surface area (Å²) in [5, 5.41) is 23.2. The fraction of sp³-hybridized carbons (Fsp3) is 0.871. The van der Waals surface area contributed by atoms with Gasteiger partial charge in [-0.2, -0.15) is 0 Å². The van der Waals surface area contributed by atoms with Gasteiger partial charge in [0.2, 0.25) is 5.91 Å². The van der Waals surface area contributed by atoms with Crippen molar-refractivity contribution in [3.05, 3.63) is 36.5 Å². The number of carbonyl (C=O) groups excluding carboxylic acids is 2. The Balaban J connectivity index is 3.52. The second-order valence-corrected chi connectivity index (χ2v) is 20.7. The molecule has 68 heavy (non-hydrogen) atoms. The van der Waals surface area contributed by atoms with Gasteiger partial charge < -0.3 is 20.3 Å². The van der Waals surface area contributed by atoms with Gasteiger partial charge in [0.15, 0.2) is 0 Å². The van der Waals surface area contributed by atoms with E-state index < -0.39 is 12.1 Å². The molecule has 0 bridgehead atoms. The molecule has 0 heterocycles. The number of aliphatic hydroxyl groups excluding tert-OH is 2. The van der Waals surface area contributed by atoms with E-state index >= 15 is 0 Å². The predicted molar refractivity (Wildman–Crippen MR) is 296 cm³/mol. The van der Waals surface area contributed by atoms with E-state index in [2.05, 4.69) is 43.5 Å². The third-order valence-electron chi connectivity index (χ3n) is 13.9. The molecule has 0 aliphatic rings. The van der Waals surface area contributed by atoms with E-state index in [0.717, 1.165) is 70.6 Å². The van der Waals surface area contributed by atoms with E-state index in [-0.39, 0.29) is 18.5 Å². The molecule has 0 aromatic rings. The fourth-order valence-corrected chi connectivity index (χ4v) is 9.21. The summed E-state index contributed by atoms with van der Waals surface area (Å²) < 4.78 is 5.47. The first-order chi connectivity index (χ1) is 33.5. The highest BCUT2D eigenvalue weighted by molar-refractivity contribution is 5.76. The number of hydrogen-bond acceptors (Lipinski definition) is 5. The number of unbranched alkanes of at least 4 members (excludes halogenated alkanes) is 41. The lowest BCUT2D eigenvalue weighted by molar-refractivity contribution is -0.143. The normalized spacial score (nSPS) is 12.8. The van der Waals surface area contributed by atoms with Crippen LogP contribution in [0.25, 0.3) is 0 Å². The molecule has 0 rings (SSSR count). The Morgan fingerprint density at radius 3 is 1.06 bits per heavy atom. The zero-order valence-electron chi connectivity index (χ0n) is 45.6. The van der Waals surface area contributed by atoms with Crippen LogP contribution in [-0.4, -0.2) is 47.4 Å². The number of allylic oxidation sites excluding steroid dienone is 5. The average Bonchev–Trinajstić information content (AvgIpc) is 3.34. The van der Waals surface area contributed by atoms with Crippen LogP contribution in [-0.2, 0) is 14.3 Å². The highest BCUT2D eigenvalue weighted by Crippen LogP contribution is 2.17. The number of nitrogens with one attached hydrogen (secondary N) is 1. The molecule has 0 aliphatic heterocycles. The number of hydrogen-bond donors (Lipinski definition) is 3. The largest absolute Gasteiger partial charge is 0.466 e. The van der Waals surface area contributed by atoms with Gasteiger partial charge in [0.05, 0.1) is 25.4 Å². The molecular weight excluding hydrogens is 839 g/mol. The van der Waals surface area contributed by atoms with Crippen LogP contribution < -0.4 is 5.32 Å². The van der Waals surface area contributed by atoms with E-state index in [0.29, 0.717) is 19.4 Å². The van der Waals surface area contributed by atoms with Crippen molar-refractivity contribution in [3.63, 3.8) is 0 Å². The zero-order valence-corrected chi connectivity index (χ0v) is 45.6. The molecule has 0 saturated heterocycles. The number of carbonyl (C=O) groups is 2. The second kappa shape index (κ2) is 57.7. The zero-order chi connectivity index (χ0) is 49.3. The third-order valence-corrected chi connectivity index (χ3v) is 13.9. The maximum atomic E-state index is 12.5. The number of esters is 1. The second-order valence-electron chi connectivity index (χ2n) is 20.7. The van der Waals surface area contributed by atoms with Crippen LogP contribution >= 0.6 is 0 Å². The Labute approximate surface area is 424 Å².